The number of aromatic nitrogens is 1. The van der Waals surface area contributed by atoms with Crippen molar-refractivity contribution in [2.75, 3.05) is 11.9 Å². The lowest BCUT2D eigenvalue weighted by Crippen LogP contribution is -2.14. The Morgan fingerprint density at radius 1 is 1.42 bits per heavy atom. The maximum Gasteiger partial charge on any atom is 0.417 e. The zero-order chi connectivity index (χ0) is 14.6. The van der Waals surface area contributed by atoms with E-state index in [0.717, 1.165) is 0 Å². The Morgan fingerprint density at radius 3 is 2.53 bits per heavy atom. The van der Waals surface area contributed by atoms with Crippen LogP contribution in [0.3, 0.4) is 0 Å². The Bertz CT molecular complexity index is 462. The van der Waals surface area contributed by atoms with Crippen LogP contribution in [0.4, 0.5) is 27.8 Å². The lowest BCUT2D eigenvalue weighted by atomic mass is 10.2. The minimum Gasteiger partial charge on any atom is -0.478 e. The first-order chi connectivity index (χ1) is 8.71. The van der Waals surface area contributed by atoms with Crippen LogP contribution in [-0.2, 0) is 6.18 Å². The predicted octanol–water partition coefficient (Wildman–Crippen LogP) is 2.87. The van der Waals surface area contributed by atoms with Crippen LogP contribution < -0.4 is 5.32 Å². The summed E-state index contributed by atoms with van der Waals surface area (Å²) >= 11 is 0. The highest BCUT2D eigenvalue weighted by atomic mass is 19.4. The maximum atomic E-state index is 12.4. The van der Waals surface area contributed by atoms with Crippen LogP contribution in [0.1, 0.15) is 22.3 Å². The van der Waals surface area contributed by atoms with Gasteiger partial charge in [0.1, 0.15) is 11.4 Å². The zero-order valence-electron chi connectivity index (χ0n) is 9.34. The number of halogens is 5. The van der Waals surface area contributed by atoms with Crippen molar-refractivity contribution in [3.8, 4) is 0 Å². The lowest BCUT2D eigenvalue weighted by molar-refractivity contribution is -0.137. The van der Waals surface area contributed by atoms with Crippen molar-refractivity contribution < 1.29 is 31.9 Å². The number of carboxylic acids is 1. The molecule has 1 heterocycles. The molecule has 4 nitrogen and oxygen atoms in total. The van der Waals surface area contributed by atoms with Crippen molar-refractivity contribution in [2.24, 2.45) is 0 Å². The van der Waals surface area contributed by atoms with Crippen LogP contribution in [-0.4, -0.2) is 29.0 Å². The normalized spacial score (nSPS) is 11.7. The third-order valence-electron chi connectivity index (χ3n) is 2.10. The Hall–Kier alpha value is -1.93. The van der Waals surface area contributed by atoms with Crippen molar-refractivity contribution in [3.63, 3.8) is 0 Å². The summed E-state index contributed by atoms with van der Waals surface area (Å²) in [6.07, 6.45) is -7.45. The highest BCUT2D eigenvalue weighted by Crippen LogP contribution is 2.30. The summed E-state index contributed by atoms with van der Waals surface area (Å²) in [5.74, 6) is -2.00. The van der Waals surface area contributed by atoms with E-state index in [0.29, 0.717) is 12.3 Å². The van der Waals surface area contributed by atoms with Gasteiger partial charge in [0.25, 0.3) is 0 Å². The number of carbonyl (C=O) groups is 1. The molecule has 2 N–H and O–H groups in total. The first-order valence-corrected chi connectivity index (χ1v) is 5.04. The molecule has 0 unspecified atom stereocenters. The second kappa shape index (κ2) is 5.81. The molecule has 0 atom stereocenters. The van der Waals surface area contributed by atoms with Gasteiger partial charge in [0.05, 0.1) is 5.56 Å². The average molecular weight is 284 g/mol. The van der Waals surface area contributed by atoms with Crippen molar-refractivity contribution in [1.82, 2.24) is 4.98 Å². The molecule has 1 aromatic heterocycles. The maximum absolute atomic E-state index is 12.4. The van der Waals surface area contributed by atoms with Gasteiger partial charge in [-0.05, 0) is 6.07 Å². The highest BCUT2D eigenvalue weighted by molar-refractivity contribution is 5.93. The minimum atomic E-state index is -4.72. The molecule has 0 spiro atoms. The summed E-state index contributed by atoms with van der Waals surface area (Å²) in [4.78, 5) is 14.1. The fraction of sp³-hybridized carbons (Fsp3) is 0.400. The molecule has 0 fully saturated rings. The van der Waals surface area contributed by atoms with Crippen molar-refractivity contribution in [2.45, 2.75) is 19.0 Å². The fourth-order valence-corrected chi connectivity index (χ4v) is 1.22. The molecule has 1 aromatic rings. The van der Waals surface area contributed by atoms with Crippen LogP contribution in [0.2, 0.25) is 0 Å². The van der Waals surface area contributed by atoms with Crippen LogP contribution in [0.25, 0.3) is 0 Å². The van der Waals surface area contributed by atoms with Gasteiger partial charge in [-0.2, -0.15) is 13.2 Å². The van der Waals surface area contributed by atoms with E-state index in [-0.39, 0.29) is 12.4 Å². The third kappa shape index (κ3) is 4.34. The Kier molecular flexibility index (Phi) is 4.62. The van der Waals surface area contributed by atoms with Gasteiger partial charge in [-0.1, -0.05) is 0 Å². The molecule has 19 heavy (non-hydrogen) atoms. The van der Waals surface area contributed by atoms with E-state index in [1.807, 2.05) is 0 Å². The van der Waals surface area contributed by atoms with Crippen molar-refractivity contribution in [3.05, 3.63) is 23.4 Å². The van der Waals surface area contributed by atoms with E-state index in [4.69, 9.17) is 5.11 Å². The van der Waals surface area contributed by atoms with Crippen molar-refractivity contribution >= 4 is 11.8 Å². The van der Waals surface area contributed by atoms with Gasteiger partial charge < -0.3 is 10.4 Å². The molecule has 106 valence electrons. The molecule has 0 radical (unpaired) electrons. The number of aromatic carboxylic acids is 1. The van der Waals surface area contributed by atoms with Gasteiger partial charge in [-0.15, -0.1) is 0 Å². The van der Waals surface area contributed by atoms with E-state index >= 15 is 0 Å². The first-order valence-electron chi connectivity index (χ1n) is 5.04. The molecule has 0 saturated heterocycles. The molecular weight excluding hydrogens is 275 g/mol. The van der Waals surface area contributed by atoms with Gasteiger partial charge in [-0.3, -0.25) is 0 Å². The van der Waals surface area contributed by atoms with Gasteiger partial charge in [-0.25, -0.2) is 18.6 Å². The Morgan fingerprint density at radius 2 is 2.05 bits per heavy atom. The number of rotatable bonds is 5. The number of hydrogen-bond donors (Lipinski definition) is 2. The van der Waals surface area contributed by atoms with Crippen molar-refractivity contribution in [1.29, 1.82) is 0 Å². The summed E-state index contributed by atoms with van der Waals surface area (Å²) < 4.78 is 60.9. The number of anilines is 1. The second-order valence-electron chi connectivity index (χ2n) is 3.53. The topological polar surface area (TPSA) is 62.2 Å². The summed E-state index contributed by atoms with van der Waals surface area (Å²) in [6, 6.07) is 0.403. The van der Waals surface area contributed by atoms with E-state index in [2.05, 4.69) is 10.3 Å². The molecule has 1 rings (SSSR count). The number of nitrogens with one attached hydrogen (secondary N) is 1. The summed E-state index contributed by atoms with van der Waals surface area (Å²) in [7, 11) is 0. The molecule has 0 aliphatic rings. The smallest absolute Gasteiger partial charge is 0.417 e. The van der Waals surface area contributed by atoms with Gasteiger partial charge in [0, 0.05) is 19.2 Å². The molecule has 0 aromatic carbocycles. The predicted molar refractivity (Wildman–Crippen MR) is 55.3 cm³/mol. The van der Waals surface area contributed by atoms with E-state index in [1.165, 1.54) is 0 Å². The standard InChI is InChI=1S/C10H9F5N2O2/c11-7(12)1-2-16-8-6(9(18)19)3-5(4-17-8)10(13,14)15/h3-4,7H,1-2H2,(H,16,17)(H,18,19). The first kappa shape index (κ1) is 15.1. The highest BCUT2D eigenvalue weighted by Gasteiger charge is 2.32. The summed E-state index contributed by atoms with van der Waals surface area (Å²) in [5.41, 5.74) is -1.94. The summed E-state index contributed by atoms with van der Waals surface area (Å²) in [6.45, 7) is -0.295. The van der Waals surface area contributed by atoms with Gasteiger partial charge in [0.2, 0.25) is 6.43 Å². The Balaban J connectivity index is 2.96. The van der Waals surface area contributed by atoms with Crippen LogP contribution in [0.15, 0.2) is 12.3 Å². The molecular formula is C10H9F5N2O2. The van der Waals surface area contributed by atoms with E-state index in [9.17, 15) is 26.7 Å². The molecule has 0 aliphatic carbocycles. The SMILES string of the molecule is O=C(O)c1cc(C(F)(F)F)cnc1NCCC(F)F. The van der Waals surface area contributed by atoms with Crippen LogP contribution >= 0.6 is 0 Å². The number of carboxylic acid groups (broad SMARTS) is 1. The largest absolute Gasteiger partial charge is 0.478 e. The van der Waals surface area contributed by atoms with Crippen LogP contribution in [0.5, 0.6) is 0 Å². The van der Waals surface area contributed by atoms with E-state index in [1.54, 1.807) is 0 Å². The Labute approximate surface area is 104 Å². The average Bonchev–Trinajstić information content (AvgIpc) is 2.27. The van der Waals surface area contributed by atoms with Crippen LogP contribution in [0, 0.1) is 0 Å². The molecule has 0 saturated carbocycles. The zero-order valence-corrected chi connectivity index (χ0v) is 9.34. The quantitative estimate of drug-likeness (QED) is 0.816. The van der Waals surface area contributed by atoms with Gasteiger partial charge in [0.15, 0.2) is 0 Å². The number of alkyl halides is 5. The third-order valence-corrected chi connectivity index (χ3v) is 2.10. The minimum absolute atomic E-state index is 0.295. The number of hydrogen-bond acceptors (Lipinski definition) is 3. The van der Waals surface area contributed by atoms with E-state index < -0.39 is 36.1 Å². The monoisotopic (exact) mass is 284 g/mol. The second-order valence-corrected chi connectivity index (χ2v) is 3.53. The molecule has 0 aliphatic heterocycles. The molecule has 0 bridgehead atoms. The lowest BCUT2D eigenvalue weighted by Gasteiger charge is -2.11. The van der Waals surface area contributed by atoms with Gasteiger partial charge >= 0.3 is 12.1 Å². The summed E-state index contributed by atoms with van der Waals surface area (Å²) in [5, 5.41) is 11.0. The molecule has 0 amide bonds. The molecule has 9 heteroatoms. The fourth-order valence-electron chi connectivity index (χ4n) is 1.22. The number of nitrogens with zero attached hydrogens (tertiary/aromatic N) is 1. The number of pyridine rings is 1.